The standard InChI is InChI=1S/C22H35NO5SSi/c1-8-9-10-11-20(28-30(6,7)22(3,4)5)19-16-27-21(24)23(19)29(25,26)18-14-12-17(2)13-15-18/h10-15,19-20H,8-9,16H2,1-7H3/b11-10+/t19-,20+/m1/s1. The van der Waals surface area contributed by atoms with Crippen molar-refractivity contribution in [3.05, 3.63) is 42.0 Å². The lowest BCUT2D eigenvalue weighted by molar-refractivity contribution is 0.154. The van der Waals surface area contributed by atoms with Crippen LogP contribution in [0, 0.1) is 6.92 Å². The summed E-state index contributed by atoms with van der Waals surface area (Å²) < 4.78 is 39.3. The molecule has 1 aliphatic rings. The summed E-state index contributed by atoms with van der Waals surface area (Å²) in [5.41, 5.74) is 0.941. The summed E-state index contributed by atoms with van der Waals surface area (Å²) in [6.07, 6.45) is 4.29. The molecule has 1 heterocycles. The number of cyclic esters (lactones) is 1. The van der Waals surface area contributed by atoms with E-state index in [1.807, 2.05) is 19.1 Å². The normalized spacial score (nSPS) is 19.4. The van der Waals surface area contributed by atoms with Gasteiger partial charge in [-0.05, 0) is 43.6 Å². The molecule has 6 nitrogen and oxygen atoms in total. The highest BCUT2D eigenvalue weighted by molar-refractivity contribution is 7.89. The smallest absolute Gasteiger partial charge is 0.424 e. The lowest BCUT2D eigenvalue weighted by atomic mass is 10.1. The van der Waals surface area contributed by atoms with Gasteiger partial charge in [-0.15, -0.1) is 0 Å². The largest absolute Gasteiger partial charge is 0.446 e. The van der Waals surface area contributed by atoms with Crippen molar-refractivity contribution >= 4 is 24.4 Å². The Labute approximate surface area is 182 Å². The molecule has 2 rings (SSSR count). The molecule has 1 aromatic carbocycles. The van der Waals surface area contributed by atoms with Gasteiger partial charge in [0.2, 0.25) is 0 Å². The third-order valence-electron chi connectivity index (χ3n) is 5.83. The molecule has 0 spiro atoms. The van der Waals surface area contributed by atoms with E-state index in [0.29, 0.717) is 0 Å². The van der Waals surface area contributed by atoms with E-state index in [4.69, 9.17) is 9.16 Å². The summed E-state index contributed by atoms with van der Waals surface area (Å²) >= 11 is 0. The van der Waals surface area contributed by atoms with E-state index in [0.717, 1.165) is 22.7 Å². The SMILES string of the molecule is CCC/C=C/[C@H](O[Si](C)(C)C(C)(C)C)[C@H]1COC(=O)N1S(=O)(=O)c1ccc(C)cc1. The first kappa shape index (κ1) is 24.6. The summed E-state index contributed by atoms with van der Waals surface area (Å²) in [4.78, 5) is 12.6. The topological polar surface area (TPSA) is 72.9 Å². The number of allylic oxidation sites excluding steroid dienone is 1. The summed E-state index contributed by atoms with van der Waals surface area (Å²) in [6.45, 7) is 14.5. The maximum atomic E-state index is 13.3. The zero-order valence-electron chi connectivity index (χ0n) is 19.1. The molecule has 2 atom stereocenters. The van der Waals surface area contributed by atoms with E-state index < -0.39 is 36.6 Å². The second kappa shape index (κ2) is 9.24. The van der Waals surface area contributed by atoms with E-state index in [-0.39, 0.29) is 16.5 Å². The average molecular weight is 454 g/mol. The Morgan fingerprint density at radius 2 is 1.87 bits per heavy atom. The summed E-state index contributed by atoms with van der Waals surface area (Å²) in [7, 11) is -6.29. The van der Waals surface area contributed by atoms with Crippen LogP contribution in [0.1, 0.15) is 46.1 Å². The number of aryl methyl sites for hydroxylation is 1. The first-order valence-corrected chi connectivity index (χ1v) is 14.8. The number of carbonyl (C=O) groups is 1. The molecule has 30 heavy (non-hydrogen) atoms. The number of amides is 1. The van der Waals surface area contributed by atoms with Gasteiger partial charge in [0, 0.05) is 0 Å². The first-order chi connectivity index (χ1) is 13.8. The van der Waals surface area contributed by atoms with Crippen LogP contribution in [0.25, 0.3) is 0 Å². The minimum atomic E-state index is -4.06. The van der Waals surface area contributed by atoms with Crippen LogP contribution < -0.4 is 0 Å². The summed E-state index contributed by atoms with van der Waals surface area (Å²) in [5, 5.41) is -0.0615. The average Bonchev–Trinajstić information content (AvgIpc) is 3.02. The fourth-order valence-corrected chi connectivity index (χ4v) is 5.67. The molecule has 0 aliphatic carbocycles. The van der Waals surface area contributed by atoms with Crippen molar-refractivity contribution in [1.29, 1.82) is 0 Å². The number of rotatable bonds is 8. The number of sulfonamides is 1. The molecule has 0 unspecified atom stereocenters. The number of carbonyl (C=O) groups excluding carboxylic acids is 1. The number of hydrogen-bond acceptors (Lipinski definition) is 5. The molecule has 1 saturated heterocycles. The van der Waals surface area contributed by atoms with Crippen LogP contribution in [0.2, 0.25) is 18.1 Å². The molecule has 1 aliphatic heterocycles. The molecule has 168 valence electrons. The van der Waals surface area contributed by atoms with Crippen LogP contribution in [0.15, 0.2) is 41.3 Å². The van der Waals surface area contributed by atoms with Gasteiger partial charge in [0.25, 0.3) is 10.0 Å². The fraction of sp³-hybridized carbons (Fsp3) is 0.591. The van der Waals surface area contributed by atoms with E-state index in [9.17, 15) is 13.2 Å². The Bertz CT molecular complexity index is 872. The number of benzene rings is 1. The second-order valence-corrected chi connectivity index (χ2v) is 15.9. The molecular formula is C22H35NO5SSi. The van der Waals surface area contributed by atoms with Gasteiger partial charge in [0.15, 0.2) is 8.32 Å². The van der Waals surface area contributed by atoms with E-state index in [1.165, 1.54) is 12.1 Å². The van der Waals surface area contributed by atoms with Gasteiger partial charge in [0.1, 0.15) is 12.6 Å². The van der Waals surface area contributed by atoms with Crippen LogP contribution in [0.4, 0.5) is 4.79 Å². The van der Waals surface area contributed by atoms with Gasteiger partial charge in [-0.1, -0.05) is 64.0 Å². The predicted molar refractivity (Wildman–Crippen MR) is 121 cm³/mol. The Hall–Kier alpha value is -1.64. The van der Waals surface area contributed by atoms with Crippen molar-refractivity contribution in [2.24, 2.45) is 0 Å². The monoisotopic (exact) mass is 453 g/mol. The van der Waals surface area contributed by atoms with Crippen LogP contribution in [0.5, 0.6) is 0 Å². The third-order valence-corrected chi connectivity index (χ3v) is 12.1. The summed E-state index contributed by atoms with van der Waals surface area (Å²) in [6, 6.07) is 5.72. The van der Waals surface area contributed by atoms with Crippen LogP contribution >= 0.6 is 0 Å². The Morgan fingerprint density at radius 3 is 2.40 bits per heavy atom. The lowest BCUT2D eigenvalue weighted by Crippen LogP contribution is -2.51. The zero-order valence-corrected chi connectivity index (χ0v) is 21.0. The molecule has 0 radical (unpaired) electrons. The molecule has 0 bridgehead atoms. The highest BCUT2D eigenvalue weighted by Gasteiger charge is 2.49. The van der Waals surface area contributed by atoms with Crippen molar-refractivity contribution < 1.29 is 22.4 Å². The van der Waals surface area contributed by atoms with E-state index in [2.05, 4.69) is 40.8 Å². The number of ether oxygens (including phenoxy) is 1. The molecule has 1 aromatic rings. The third kappa shape index (κ3) is 5.34. The number of hydrogen-bond donors (Lipinski definition) is 0. The van der Waals surface area contributed by atoms with E-state index in [1.54, 1.807) is 12.1 Å². The molecule has 8 heteroatoms. The van der Waals surface area contributed by atoms with Crippen LogP contribution in [-0.4, -0.2) is 45.9 Å². The Morgan fingerprint density at radius 1 is 1.27 bits per heavy atom. The highest BCUT2D eigenvalue weighted by atomic mass is 32.2. The van der Waals surface area contributed by atoms with Crippen molar-refractivity contribution in [1.82, 2.24) is 4.31 Å². The molecule has 0 aromatic heterocycles. The zero-order chi connectivity index (χ0) is 22.7. The van der Waals surface area contributed by atoms with Gasteiger partial charge in [0.05, 0.1) is 11.0 Å². The van der Waals surface area contributed by atoms with Gasteiger partial charge >= 0.3 is 6.09 Å². The minimum absolute atomic E-state index is 0.0281. The molecular weight excluding hydrogens is 418 g/mol. The lowest BCUT2D eigenvalue weighted by Gasteiger charge is -2.40. The molecule has 0 saturated carbocycles. The number of nitrogens with zero attached hydrogens (tertiary/aromatic N) is 1. The van der Waals surface area contributed by atoms with Gasteiger partial charge in [-0.25, -0.2) is 13.2 Å². The van der Waals surface area contributed by atoms with Gasteiger partial charge < -0.3 is 9.16 Å². The first-order valence-electron chi connectivity index (χ1n) is 10.4. The number of unbranched alkanes of at least 4 members (excludes halogenated alkanes) is 1. The minimum Gasteiger partial charge on any atom is -0.446 e. The Balaban J connectivity index is 2.45. The quantitative estimate of drug-likeness (QED) is 0.397. The van der Waals surface area contributed by atoms with Crippen LogP contribution in [0.3, 0.4) is 0 Å². The van der Waals surface area contributed by atoms with Crippen LogP contribution in [-0.2, 0) is 19.2 Å². The van der Waals surface area contributed by atoms with Gasteiger partial charge in [-0.2, -0.15) is 4.31 Å². The van der Waals surface area contributed by atoms with E-state index >= 15 is 0 Å². The highest BCUT2D eigenvalue weighted by Crippen LogP contribution is 2.39. The summed E-state index contributed by atoms with van der Waals surface area (Å²) in [5.74, 6) is 0. The maximum absolute atomic E-state index is 13.3. The van der Waals surface area contributed by atoms with Crippen molar-refractivity contribution in [3.8, 4) is 0 Å². The maximum Gasteiger partial charge on any atom is 0.424 e. The fourth-order valence-electron chi connectivity index (χ4n) is 2.91. The van der Waals surface area contributed by atoms with Crippen molar-refractivity contribution in [2.75, 3.05) is 6.61 Å². The second-order valence-electron chi connectivity index (χ2n) is 9.32. The van der Waals surface area contributed by atoms with Gasteiger partial charge in [-0.3, -0.25) is 0 Å². The molecule has 1 fully saturated rings. The van der Waals surface area contributed by atoms with Crippen molar-refractivity contribution in [2.45, 2.75) is 82.6 Å². The predicted octanol–water partition coefficient (Wildman–Crippen LogP) is 5.25. The molecule has 1 amide bonds. The van der Waals surface area contributed by atoms with Crippen molar-refractivity contribution in [3.63, 3.8) is 0 Å². The Kier molecular flexibility index (Phi) is 7.58. The molecule has 0 N–H and O–H groups in total.